The standard InChI is InChI=1S/C23H23N5O4S2/c1-15(20-24-19-11-4-3-10-18(19)21(29)25-20)33-23-27-26-22(32-23)16-8-7-9-17(14-16)34(30,31)28-12-5-2-6-13-28/h3-4,7-11,14-15H,2,5-6,12-13H2,1H3,(H,24,25,29)/t15-/m1/s1. The van der Waals surface area contributed by atoms with Crippen molar-refractivity contribution >= 4 is 32.7 Å². The highest BCUT2D eigenvalue weighted by Crippen LogP contribution is 2.34. The van der Waals surface area contributed by atoms with Gasteiger partial charge in [0, 0.05) is 18.7 Å². The van der Waals surface area contributed by atoms with Gasteiger partial charge in [-0.05, 0) is 50.1 Å². The van der Waals surface area contributed by atoms with Crippen LogP contribution in [0.4, 0.5) is 0 Å². The highest BCUT2D eigenvalue weighted by molar-refractivity contribution is 7.99. The van der Waals surface area contributed by atoms with E-state index in [9.17, 15) is 13.2 Å². The molecule has 1 saturated heterocycles. The number of H-pyrrole nitrogens is 1. The van der Waals surface area contributed by atoms with E-state index in [1.807, 2.05) is 13.0 Å². The SMILES string of the molecule is C[C@@H](Sc1nnc(-c2cccc(S(=O)(=O)N3CCCCC3)c2)o1)c1nc2ccccc2c(=O)[nH]1. The molecule has 0 bridgehead atoms. The van der Waals surface area contributed by atoms with E-state index >= 15 is 0 Å². The van der Waals surface area contributed by atoms with Crippen molar-refractivity contribution in [3.63, 3.8) is 0 Å². The van der Waals surface area contributed by atoms with E-state index in [0.717, 1.165) is 19.3 Å². The van der Waals surface area contributed by atoms with Crippen molar-refractivity contribution in [2.45, 2.75) is 41.6 Å². The van der Waals surface area contributed by atoms with E-state index in [4.69, 9.17) is 4.42 Å². The first-order valence-electron chi connectivity index (χ1n) is 11.0. The first-order valence-corrected chi connectivity index (χ1v) is 13.3. The second kappa shape index (κ2) is 9.32. The number of aromatic nitrogens is 4. The number of rotatable bonds is 6. The summed E-state index contributed by atoms with van der Waals surface area (Å²) in [6, 6.07) is 13.7. The average Bonchev–Trinajstić information content (AvgIpc) is 3.33. The summed E-state index contributed by atoms with van der Waals surface area (Å²) in [5, 5.41) is 8.76. The van der Waals surface area contributed by atoms with Crippen LogP contribution in [0.1, 0.15) is 37.3 Å². The summed E-state index contributed by atoms with van der Waals surface area (Å²) in [6.45, 7) is 2.96. The lowest BCUT2D eigenvalue weighted by atomic mass is 10.2. The predicted molar refractivity (Wildman–Crippen MR) is 129 cm³/mol. The van der Waals surface area contributed by atoms with Crippen LogP contribution in [-0.2, 0) is 10.0 Å². The number of sulfonamides is 1. The molecule has 1 atom stereocenters. The number of nitrogens with zero attached hydrogens (tertiary/aromatic N) is 4. The third-order valence-corrected chi connectivity index (χ3v) is 8.57. The van der Waals surface area contributed by atoms with Crippen molar-refractivity contribution in [2.24, 2.45) is 0 Å². The van der Waals surface area contributed by atoms with E-state index in [0.29, 0.717) is 40.6 Å². The lowest BCUT2D eigenvalue weighted by Gasteiger charge is -2.25. The van der Waals surface area contributed by atoms with Crippen molar-refractivity contribution in [3.05, 3.63) is 64.7 Å². The van der Waals surface area contributed by atoms with Gasteiger partial charge in [-0.3, -0.25) is 4.79 Å². The Kier molecular flexibility index (Phi) is 6.24. The van der Waals surface area contributed by atoms with Gasteiger partial charge < -0.3 is 9.40 Å². The minimum atomic E-state index is -3.57. The zero-order valence-electron chi connectivity index (χ0n) is 18.5. The van der Waals surface area contributed by atoms with Crippen molar-refractivity contribution < 1.29 is 12.8 Å². The van der Waals surface area contributed by atoms with E-state index < -0.39 is 10.0 Å². The Labute approximate surface area is 200 Å². The van der Waals surface area contributed by atoms with Crippen molar-refractivity contribution in [1.29, 1.82) is 0 Å². The van der Waals surface area contributed by atoms with Crippen LogP contribution in [0, 0.1) is 0 Å². The van der Waals surface area contributed by atoms with Gasteiger partial charge in [-0.1, -0.05) is 36.4 Å². The van der Waals surface area contributed by atoms with Crippen molar-refractivity contribution in [1.82, 2.24) is 24.5 Å². The largest absolute Gasteiger partial charge is 0.411 e. The second-order valence-corrected chi connectivity index (χ2v) is 11.3. The Hall–Kier alpha value is -3.02. The average molecular weight is 498 g/mol. The maximum Gasteiger partial charge on any atom is 0.277 e. The van der Waals surface area contributed by atoms with Gasteiger partial charge in [-0.15, -0.1) is 10.2 Å². The van der Waals surface area contributed by atoms with Gasteiger partial charge in [0.2, 0.25) is 15.9 Å². The zero-order chi connectivity index (χ0) is 23.7. The van der Waals surface area contributed by atoms with Gasteiger partial charge in [-0.25, -0.2) is 13.4 Å². The summed E-state index contributed by atoms with van der Waals surface area (Å²) >= 11 is 1.26. The van der Waals surface area contributed by atoms with Crippen LogP contribution in [0.5, 0.6) is 0 Å². The summed E-state index contributed by atoms with van der Waals surface area (Å²) in [7, 11) is -3.57. The lowest BCUT2D eigenvalue weighted by molar-refractivity contribution is 0.346. The van der Waals surface area contributed by atoms with E-state index in [-0.39, 0.29) is 21.6 Å². The Morgan fingerprint density at radius 1 is 1.06 bits per heavy atom. The number of hydrogen-bond acceptors (Lipinski definition) is 8. The quantitative estimate of drug-likeness (QED) is 0.397. The number of thioether (sulfide) groups is 1. The smallest absolute Gasteiger partial charge is 0.277 e. The fourth-order valence-corrected chi connectivity index (χ4v) is 6.23. The van der Waals surface area contributed by atoms with Gasteiger partial charge in [-0.2, -0.15) is 4.31 Å². The van der Waals surface area contributed by atoms with Crippen LogP contribution < -0.4 is 5.56 Å². The number of para-hydroxylation sites is 1. The molecule has 1 fully saturated rings. The van der Waals surface area contributed by atoms with Gasteiger partial charge in [0.25, 0.3) is 10.8 Å². The maximum atomic E-state index is 13.0. The van der Waals surface area contributed by atoms with Gasteiger partial charge in [0.1, 0.15) is 5.82 Å². The molecule has 0 unspecified atom stereocenters. The fraction of sp³-hybridized carbons (Fsp3) is 0.304. The molecule has 4 aromatic rings. The molecule has 0 saturated carbocycles. The predicted octanol–water partition coefficient (Wildman–Crippen LogP) is 4.00. The molecule has 34 heavy (non-hydrogen) atoms. The number of hydrogen-bond donors (Lipinski definition) is 1. The molecule has 5 rings (SSSR count). The Morgan fingerprint density at radius 2 is 1.85 bits per heavy atom. The fourth-order valence-electron chi connectivity index (χ4n) is 3.92. The van der Waals surface area contributed by atoms with Gasteiger partial charge >= 0.3 is 0 Å². The topological polar surface area (TPSA) is 122 Å². The van der Waals surface area contributed by atoms with Crippen LogP contribution in [0.2, 0.25) is 0 Å². The lowest BCUT2D eigenvalue weighted by Crippen LogP contribution is -2.35. The summed E-state index contributed by atoms with van der Waals surface area (Å²) in [4.78, 5) is 19.9. The molecule has 11 heteroatoms. The minimum absolute atomic E-state index is 0.203. The molecule has 0 spiro atoms. The Bertz CT molecular complexity index is 1490. The van der Waals surface area contributed by atoms with Crippen LogP contribution in [0.25, 0.3) is 22.4 Å². The highest BCUT2D eigenvalue weighted by atomic mass is 32.2. The number of fused-ring (bicyclic) bond motifs is 1. The zero-order valence-corrected chi connectivity index (χ0v) is 20.1. The Balaban J connectivity index is 1.36. The summed E-state index contributed by atoms with van der Waals surface area (Å²) < 4.78 is 33.4. The van der Waals surface area contributed by atoms with Gasteiger partial charge in [0.05, 0.1) is 21.0 Å². The third-order valence-electron chi connectivity index (χ3n) is 5.73. The first kappa shape index (κ1) is 22.8. The minimum Gasteiger partial charge on any atom is -0.411 e. The first-order chi connectivity index (χ1) is 16.4. The van der Waals surface area contributed by atoms with Crippen LogP contribution in [-0.4, -0.2) is 46.0 Å². The highest BCUT2D eigenvalue weighted by Gasteiger charge is 2.26. The molecule has 1 aliphatic heterocycles. The summed E-state index contributed by atoms with van der Waals surface area (Å²) in [5.41, 5.74) is 0.944. The number of piperidine rings is 1. The molecule has 0 amide bonds. The van der Waals surface area contributed by atoms with E-state index in [1.165, 1.54) is 16.1 Å². The molecular weight excluding hydrogens is 474 g/mol. The van der Waals surface area contributed by atoms with E-state index in [2.05, 4.69) is 20.2 Å². The molecule has 1 aliphatic rings. The molecule has 3 heterocycles. The monoisotopic (exact) mass is 497 g/mol. The van der Waals surface area contributed by atoms with Crippen LogP contribution in [0.15, 0.2) is 67.9 Å². The molecule has 0 radical (unpaired) electrons. The maximum absolute atomic E-state index is 13.0. The molecule has 2 aromatic carbocycles. The molecule has 176 valence electrons. The van der Waals surface area contributed by atoms with Crippen molar-refractivity contribution in [2.75, 3.05) is 13.1 Å². The molecule has 9 nitrogen and oxygen atoms in total. The molecule has 2 aromatic heterocycles. The van der Waals surface area contributed by atoms with Crippen molar-refractivity contribution in [3.8, 4) is 11.5 Å². The Morgan fingerprint density at radius 3 is 2.68 bits per heavy atom. The van der Waals surface area contributed by atoms with E-state index in [1.54, 1.807) is 42.5 Å². The van der Waals surface area contributed by atoms with Crippen LogP contribution >= 0.6 is 11.8 Å². The molecular formula is C23H23N5O4S2. The third kappa shape index (κ3) is 4.50. The normalized spacial score (nSPS) is 16.0. The van der Waals surface area contributed by atoms with Crippen LogP contribution in [0.3, 0.4) is 0 Å². The number of benzene rings is 2. The second-order valence-electron chi connectivity index (χ2n) is 8.09. The summed E-state index contributed by atoms with van der Waals surface area (Å²) in [5.74, 6) is 0.730. The molecule has 1 N–H and O–H groups in total. The molecule has 0 aliphatic carbocycles. The summed E-state index contributed by atoms with van der Waals surface area (Å²) in [6.07, 6.45) is 2.80. The van der Waals surface area contributed by atoms with Gasteiger partial charge in [0.15, 0.2) is 0 Å². The number of aromatic amines is 1. The number of nitrogens with one attached hydrogen (secondary N) is 1.